The van der Waals surface area contributed by atoms with Gasteiger partial charge in [-0.25, -0.2) is 0 Å². The predicted octanol–water partition coefficient (Wildman–Crippen LogP) is 4.08. The van der Waals surface area contributed by atoms with E-state index in [1.807, 2.05) is 19.1 Å². The smallest absolute Gasteiger partial charge is 0.223 e. The zero-order valence-electron chi connectivity index (χ0n) is 15.6. The van der Waals surface area contributed by atoms with Crippen molar-refractivity contribution in [3.05, 3.63) is 52.1 Å². The van der Waals surface area contributed by atoms with Crippen LogP contribution in [-0.4, -0.2) is 24.9 Å². The molecule has 1 aliphatic heterocycles. The number of aryl methyl sites for hydroxylation is 1. The van der Waals surface area contributed by atoms with E-state index in [4.69, 9.17) is 16.1 Å². The standard InChI is InChI=1S/C19H21ClN6O.ClH/c1-11-22-18(25-27-11)12-2-4-13(5-3-12)19-24-23-17-10-21-9-14-8-15(20)6-7-16(14)26(17)19;/h6-8,12-13,21H,2-5,9-10H2,1H3;1H/t12-,13+;. The van der Waals surface area contributed by atoms with Gasteiger partial charge in [0.1, 0.15) is 5.82 Å². The number of hydrogen-bond acceptors (Lipinski definition) is 6. The van der Waals surface area contributed by atoms with E-state index in [2.05, 4.69) is 36.3 Å². The van der Waals surface area contributed by atoms with Gasteiger partial charge in [-0.1, -0.05) is 16.8 Å². The summed E-state index contributed by atoms with van der Waals surface area (Å²) in [4.78, 5) is 4.41. The number of rotatable bonds is 2. The zero-order valence-corrected chi connectivity index (χ0v) is 17.1. The molecule has 7 nitrogen and oxygen atoms in total. The second kappa shape index (κ2) is 7.81. The molecule has 0 unspecified atom stereocenters. The normalized spacial score (nSPS) is 21.4. The Balaban J connectivity index is 0.00000192. The summed E-state index contributed by atoms with van der Waals surface area (Å²) in [6, 6.07) is 6.04. The largest absolute Gasteiger partial charge is 0.340 e. The molecule has 0 bridgehead atoms. The topological polar surface area (TPSA) is 81.7 Å². The van der Waals surface area contributed by atoms with Gasteiger partial charge >= 0.3 is 0 Å². The molecule has 3 aromatic rings. The van der Waals surface area contributed by atoms with E-state index in [-0.39, 0.29) is 12.4 Å². The van der Waals surface area contributed by atoms with Crippen LogP contribution in [0.25, 0.3) is 5.69 Å². The summed E-state index contributed by atoms with van der Waals surface area (Å²) in [7, 11) is 0. The van der Waals surface area contributed by atoms with Crippen LogP contribution in [0.4, 0.5) is 0 Å². The molecule has 1 aliphatic carbocycles. The first kappa shape index (κ1) is 19.4. The molecule has 2 aromatic heterocycles. The van der Waals surface area contributed by atoms with Crippen molar-refractivity contribution >= 4 is 24.0 Å². The molecule has 5 rings (SSSR count). The molecule has 0 atom stereocenters. The molecule has 0 spiro atoms. The highest BCUT2D eigenvalue weighted by molar-refractivity contribution is 6.30. The second-order valence-electron chi connectivity index (χ2n) is 7.41. The van der Waals surface area contributed by atoms with E-state index in [1.54, 1.807) is 0 Å². The Kier molecular flexibility index (Phi) is 5.40. The Labute approximate surface area is 174 Å². The highest BCUT2D eigenvalue weighted by Crippen LogP contribution is 2.40. The first-order valence-electron chi connectivity index (χ1n) is 9.43. The van der Waals surface area contributed by atoms with E-state index in [0.29, 0.717) is 24.3 Å². The molecule has 148 valence electrons. The van der Waals surface area contributed by atoms with Crippen LogP contribution in [0.5, 0.6) is 0 Å². The maximum atomic E-state index is 6.21. The fourth-order valence-electron chi connectivity index (χ4n) is 4.29. The molecule has 9 heteroatoms. The molecule has 1 N–H and O–H groups in total. The second-order valence-corrected chi connectivity index (χ2v) is 7.84. The van der Waals surface area contributed by atoms with Gasteiger partial charge in [0.15, 0.2) is 11.6 Å². The van der Waals surface area contributed by atoms with E-state index < -0.39 is 0 Å². The van der Waals surface area contributed by atoms with E-state index in [9.17, 15) is 0 Å². The molecule has 0 saturated heterocycles. The highest BCUT2D eigenvalue weighted by Gasteiger charge is 2.31. The SMILES string of the molecule is Cc1nc([C@H]2CC[C@@H](c3nnc4n3-c3ccc(Cl)cc3CNC4)CC2)no1.Cl. The van der Waals surface area contributed by atoms with Crippen molar-refractivity contribution in [2.75, 3.05) is 0 Å². The Morgan fingerprint density at radius 2 is 1.89 bits per heavy atom. The number of nitrogens with zero attached hydrogens (tertiary/aromatic N) is 5. The van der Waals surface area contributed by atoms with E-state index in [1.165, 1.54) is 5.56 Å². The molecule has 1 fully saturated rings. The van der Waals surface area contributed by atoms with Crippen LogP contribution >= 0.6 is 24.0 Å². The minimum atomic E-state index is 0. The monoisotopic (exact) mass is 420 g/mol. The van der Waals surface area contributed by atoms with E-state index in [0.717, 1.165) is 60.4 Å². The van der Waals surface area contributed by atoms with Crippen LogP contribution < -0.4 is 5.32 Å². The van der Waals surface area contributed by atoms with Crippen LogP contribution in [-0.2, 0) is 13.1 Å². The summed E-state index contributed by atoms with van der Waals surface area (Å²) in [6.45, 7) is 3.32. The summed E-state index contributed by atoms with van der Waals surface area (Å²) in [5, 5.41) is 17.3. The van der Waals surface area contributed by atoms with Crippen molar-refractivity contribution in [1.29, 1.82) is 0 Å². The van der Waals surface area contributed by atoms with Crippen LogP contribution in [0, 0.1) is 6.92 Å². The number of hydrogen-bond donors (Lipinski definition) is 1. The predicted molar refractivity (Wildman–Crippen MR) is 107 cm³/mol. The Hall–Kier alpha value is -1.96. The third-order valence-corrected chi connectivity index (χ3v) is 5.87. The number of halogens is 2. The highest BCUT2D eigenvalue weighted by atomic mass is 35.5. The fraction of sp³-hybridized carbons (Fsp3) is 0.474. The van der Waals surface area contributed by atoms with Crippen LogP contribution in [0.15, 0.2) is 22.7 Å². The van der Waals surface area contributed by atoms with Gasteiger partial charge in [-0.05, 0) is 49.4 Å². The molecule has 0 radical (unpaired) electrons. The maximum absolute atomic E-state index is 6.21. The van der Waals surface area contributed by atoms with Gasteiger partial charge in [-0.15, -0.1) is 22.6 Å². The van der Waals surface area contributed by atoms with Crippen molar-refractivity contribution in [3.63, 3.8) is 0 Å². The number of benzene rings is 1. The third kappa shape index (κ3) is 3.43. The van der Waals surface area contributed by atoms with Crippen molar-refractivity contribution in [2.24, 2.45) is 0 Å². The molecule has 1 aromatic carbocycles. The molecule has 1 saturated carbocycles. The van der Waals surface area contributed by atoms with Crippen LogP contribution in [0.2, 0.25) is 5.02 Å². The molecule has 2 aliphatic rings. The van der Waals surface area contributed by atoms with Crippen molar-refractivity contribution in [3.8, 4) is 5.69 Å². The van der Waals surface area contributed by atoms with Crippen molar-refractivity contribution in [1.82, 2.24) is 30.2 Å². The molecule has 3 heterocycles. The average molecular weight is 421 g/mol. The summed E-state index contributed by atoms with van der Waals surface area (Å²) in [5.41, 5.74) is 2.31. The quantitative estimate of drug-likeness (QED) is 0.672. The van der Waals surface area contributed by atoms with Gasteiger partial charge in [-0.3, -0.25) is 4.57 Å². The first-order valence-corrected chi connectivity index (χ1v) is 9.81. The number of aromatic nitrogens is 5. The lowest BCUT2D eigenvalue weighted by Crippen LogP contribution is -2.17. The van der Waals surface area contributed by atoms with Gasteiger partial charge in [0, 0.05) is 30.3 Å². The Morgan fingerprint density at radius 3 is 2.64 bits per heavy atom. The minimum absolute atomic E-state index is 0. The summed E-state index contributed by atoms with van der Waals surface area (Å²) in [6.07, 6.45) is 4.18. The van der Waals surface area contributed by atoms with E-state index >= 15 is 0 Å². The van der Waals surface area contributed by atoms with Gasteiger partial charge in [0.25, 0.3) is 0 Å². The van der Waals surface area contributed by atoms with Gasteiger partial charge in [-0.2, -0.15) is 4.98 Å². The maximum Gasteiger partial charge on any atom is 0.223 e. The van der Waals surface area contributed by atoms with Crippen molar-refractivity contribution in [2.45, 2.75) is 57.5 Å². The third-order valence-electron chi connectivity index (χ3n) is 5.64. The van der Waals surface area contributed by atoms with Crippen LogP contribution in [0.3, 0.4) is 0 Å². The molecule has 28 heavy (non-hydrogen) atoms. The number of nitrogens with one attached hydrogen (secondary N) is 1. The van der Waals surface area contributed by atoms with Gasteiger partial charge in [0.2, 0.25) is 5.89 Å². The summed E-state index contributed by atoms with van der Waals surface area (Å²) in [5.74, 6) is 4.25. The lowest BCUT2D eigenvalue weighted by molar-refractivity contribution is 0.347. The molecular weight excluding hydrogens is 399 g/mol. The average Bonchev–Trinajstić information content (AvgIpc) is 3.25. The fourth-order valence-corrected chi connectivity index (χ4v) is 4.48. The van der Waals surface area contributed by atoms with Crippen LogP contribution in [0.1, 0.15) is 66.4 Å². The zero-order chi connectivity index (χ0) is 18.4. The number of fused-ring (bicyclic) bond motifs is 3. The summed E-state index contributed by atoms with van der Waals surface area (Å²) < 4.78 is 7.38. The molecular formula is C19H22Cl2N6O. The lowest BCUT2D eigenvalue weighted by atomic mass is 9.81. The summed E-state index contributed by atoms with van der Waals surface area (Å²) >= 11 is 6.21. The van der Waals surface area contributed by atoms with Crippen molar-refractivity contribution < 1.29 is 4.52 Å². The lowest BCUT2D eigenvalue weighted by Gasteiger charge is -2.26. The van der Waals surface area contributed by atoms with Gasteiger partial charge < -0.3 is 9.84 Å². The minimum Gasteiger partial charge on any atom is -0.340 e. The Morgan fingerprint density at radius 1 is 1.11 bits per heavy atom. The molecule has 0 amide bonds. The van der Waals surface area contributed by atoms with Gasteiger partial charge in [0.05, 0.1) is 12.2 Å². The first-order chi connectivity index (χ1) is 13.2. The Bertz CT molecular complexity index is 977.